The Kier molecular flexibility index (Phi) is 5.42. The van der Waals surface area contributed by atoms with Gasteiger partial charge in [-0.2, -0.15) is 0 Å². The van der Waals surface area contributed by atoms with E-state index in [-0.39, 0.29) is 11.8 Å². The van der Waals surface area contributed by atoms with Crippen LogP contribution < -0.4 is 10.1 Å². The predicted octanol–water partition coefficient (Wildman–Crippen LogP) is 4.44. The number of fused-ring (bicyclic) bond motifs is 3. The number of hydrogen-bond acceptors (Lipinski definition) is 4. The summed E-state index contributed by atoms with van der Waals surface area (Å²) in [6.45, 7) is 3.00. The third-order valence-corrected chi connectivity index (χ3v) is 7.26. The van der Waals surface area contributed by atoms with E-state index in [2.05, 4.69) is 5.32 Å². The number of carbonyl (C=O) groups is 2. The molecule has 33 heavy (non-hydrogen) atoms. The summed E-state index contributed by atoms with van der Waals surface area (Å²) < 4.78 is 7.25. The van der Waals surface area contributed by atoms with Crippen molar-refractivity contribution in [3.05, 3.63) is 88.9 Å². The van der Waals surface area contributed by atoms with Crippen LogP contribution in [0.4, 0.5) is 0 Å². The molecule has 5 rings (SSSR count). The van der Waals surface area contributed by atoms with Crippen molar-refractivity contribution < 1.29 is 14.3 Å². The Morgan fingerprint density at radius 3 is 2.58 bits per heavy atom. The highest BCUT2D eigenvalue weighted by Gasteiger charge is 2.47. The topological polar surface area (TPSA) is 63.6 Å². The number of nitrogens with one attached hydrogen (secondary N) is 1. The molecule has 168 valence electrons. The molecular formula is C26H25N3O3S. The highest BCUT2D eigenvalue weighted by Crippen LogP contribution is 2.35. The predicted molar refractivity (Wildman–Crippen MR) is 129 cm³/mol. The van der Waals surface area contributed by atoms with Gasteiger partial charge in [-0.15, -0.1) is 11.3 Å². The first-order chi connectivity index (χ1) is 16.0. The number of ether oxygens (including phenoxy) is 1. The zero-order valence-electron chi connectivity index (χ0n) is 18.6. The summed E-state index contributed by atoms with van der Waals surface area (Å²) in [6.07, 6.45) is 0. The molecule has 0 aliphatic carbocycles. The van der Waals surface area contributed by atoms with Crippen molar-refractivity contribution in [1.29, 1.82) is 0 Å². The first-order valence-electron chi connectivity index (χ1n) is 10.8. The molecule has 0 spiro atoms. The molecule has 0 radical (unpaired) electrons. The van der Waals surface area contributed by atoms with E-state index in [1.807, 2.05) is 83.6 Å². The molecular weight excluding hydrogens is 434 g/mol. The molecule has 1 aliphatic heterocycles. The van der Waals surface area contributed by atoms with Crippen LogP contribution in [-0.2, 0) is 24.4 Å². The lowest BCUT2D eigenvalue weighted by atomic mass is 9.93. The molecule has 0 unspecified atom stereocenters. The second kappa shape index (κ2) is 8.41. The van der Waals surface area contributed by atoms with Gasteiger partial charge in [0.25, 0.3) is 5.91 Å². The minimum absolute atomic E-state index is 0.141. The van der Waals surface area contributed by atoms with Crippen LogP contribution >= 0.6 is 11.3 Å². The normalized spacial score (nSPS) is 17.8. The molecule has 7 heteroatoms. The maximum atomic E-state index is 13.7. The number of amides is 2. The summed E-state index contributed by atoms with van der Waals surface area (Å²) in [5, 5.41) is 6.11. The smallest absolute Gasteiger partial charge is 0.271 e. The first-order valence-corrected chi connectivity index (χ1v) is 11.7. The van der Waals surface area contributed by atoms with Crippen LogP contribution in [-0.4, -0.2) is 33.9 Å². The Morgan fingerprint density at radius 1 is 1.09 bits per heavy atom. The second-order valence-electron chi connectivity index (χ2n) is 8.48. The average Bonchev–Trinajstić information content (AvgIpc) is 3.44. The highest BCUT2D eigenvalue weighted by atomic mass is 32.1. The van der Waals surface area contributed by atoms with Gasteiger partial charge >= 0.3 is 0 Å². The monoisotopic (exact) mass is 459 g/mol. The Hall–Kier alpha value is -3.58. The van der Waals surface area contributed by atoms with Crippen molar-refractivity contribution in [3.63, 3.8) is 0 Å². The van der Waals surface area contributed by atoms with Crippen LogP contribution in [0.2, 0.25) is 0 Å². The minimum Gasteiger partial charge on any atom is -0.497 e. The van der Waals surface area contributed by atoms with Gasteiger partial charge in [0.05, 0.1) is 13.7 Å². The van der Waals surface area contributed by atoms with Crippen molar-refractivity contribution >= 4 is 33.4 Å². The number of nitrogens with zero attached hydrogens (tertiary/aromatic N) is 2. The van der Waals surface area contributed by atoms with Crippen LogP contribution in [0.5, 0.6) is 5.75 Å². The third kappa shape index (κ3) is 3.78. The number of methoxy groups -OCH3 is 1. The van der Waals surface area contributed by atoms with Gasteiger partial charge in [0, 0.05) is 18.5 Å². The fourth-order valence-electron chi connectivity index (χ4n) is 4.39. The Balaban J connectivity index is 1.50. The lowest BCUT2D eigenvalue weighted by molar-refractivity contribution is -0.133. The molecule has 2 aromatic heterocycles. The first kappa shape index (κ1) is 21.3. The molecule has 3 heterocycles. The van der Waals surface area contributed by atoms with Crippen molar-refractivity contribution in [1.82, 2.24) is 14.8 Å². The molecule has 0 saturated heterocycles. The van der Waals surface area contributed by atoms with Crippen LogP contribution in [0.1, 0.15) is 28.5 Å². The second-order valence-corrected chi connectivity index (χ2v) is 9.37. The van der Waals surface area contributed by atoms with E-state index >= 15 is 0 Å². The fraction of sp³-hybridized carbons (Fsp3) is 0.231. The summed E-state index contributed by atoms with van der Waals surface area (Å²) >= 11 is 1.59. The van der Waals surface area contributed by atoms with Gasteiger partial charge in [-0.05, 0) is 47.7 Å². The van der Waals surface area contributed by atoms with Crippen molar-refractivity contribution in [2.24, 2.45) is 0 Å². The molecule has 6 nitrogen and oxygen atoms in total. The summed E-state index contributed by atoms with van der Waals surface area (Å²) in [5.41, 5.74) is 1.53. The number of benzene rings is 2. The molecule has 0 bridgehead atoms. The SMILES string of the molecule is COc1ccc(CN2C(=O)c3cc4ccsc4n3C[C@@]2(C)C(=O)NCc2ccccc2)cc1. The lowest BCUT2D eigenvalue weighted by Crippen LogP contribution is -2.63. The summed E-state index contributed by atoms with van der Waals surface area (Å²) in [6, 6.07) is 21.3. The van der Waals surface area contributed by atoms with E-state index < -0.39 is 5.54 Å². The van der Waals surface area contributed by atoms with Gasteiger partial charge in [-0.3, -0.25) is 9.59 Å². The molecule has 1 N–H and O–H groups in total. The Labute approximate surface area is 196 Å². The van der Waals surface area contributed by atoms with Crippen molar-refractivity contribution in [3.8, 4) is 5.75 Å². The van der Waals surface area contributed by atoms with Gasteiger partial charge < -0.3 is 19.5 Å². The largest absolute Gasteiger partial charge is 0.497 e. The Bertz CT molecular complexity index is 1310. The number of hydrogen-bond donors (Lipinski definition) is 1. The van der Waals surface area contributed by atoms with E-state index in [9.17, 15) is 9.59 Å². The molecule has 1 atom stereocenters. The van der Waals surface area contributed by atoms with Gasteiger partial charge in [-0.25, -0.2) is 0 Å². The Morgan fingerprint density at radius 2 is 1.85 bits per heavy atom. The number of aromatic nitrogens is 1. The molecule has 0 saturated carbocycles. The fourth-order valence-corrected chi connectivity index (χ4v) is 5.28. The number of rotatable bonds is 6. The zero-order chi connectivity index (χ0) is 23.0. The van der Waals surface area contributed by atoms with Gasteiger partial charge in [0.2, 0.25) is 5.91 Å². The van der Waals surface area contributed by atoms with E-state index in [1.54, 1.807) is 23.3 Å². The highest BCUT2D eigenvalue weighted by molar-refractivity contribution is 7.16. The van der Waals surface area contributed by atoms with E-state index in [0.29, 0.717) is 25.3 Å². The maximum absolute atomic E-state index is 13.7. The minimum atomic E-state index is -1.05. The standard InChI is InChI=1S/C26H25N3O3S/c1-26(25(31)27-15-18-6-4-3-5-7-18)17-28-22(14-20-12-13-33-24(20)28)23(30)29(26)16-19-8-10-21(32-2)11-9-19/h3-14H,15-17H2,1-2H3,(H,27,31)/t26-/m0/s1. The molecule has 0 fully saturated rings. The number of thiophene rings is 1. The quantitative estimate of drug-likeness (QED) is 0.464. The summed E-state index contributed by atoms with van der Waals surface area (Å²) in [7, 11) is 1.62. The van der Waals surface area contributed by atoms with Crippen molar-refractivity contribution in [2.45, 2.75) is 32.1 Å². The van der Waals surface area contributed by atoms with Gasteiger partial charge in [0.1, 0.15) is 21.8 Å². The molecule has 4 aromatic rings. The average molecular weight is 460 g/mol. The molecule has 1 aliphatic rings. The summed E-state index contributed by atoms with van der Waals surface area (Å²) in [5.74, 6) is 0.441. The summed E-state index contributed by atoms with van der Waals surface area (Å²) in [4.78, 5) is 30.0. The molecule has 2 aromatic carbocycles. The van der Waals surface area contributed by atoms with Gasteiger partial charge in [-0.1, -0.05) is 42.5 Å². The van der Waals surface area contributed by atoms with Crippen LogP contribution in [0.3, 0.4) is 0 Å². The van der Waals surface area contributed by atoms with E-state index in [4.69, 9.17) is 4.74 Å². The molecule has 2 amide bonds. The van der Waals surface area contributed by atoms with Crippen LogP contribution in [0.15, 0.2) is 72.1 Å². The van der Waals surface area contributed by atoms with Crippen LogP contribution in [0, 0.1) is 0 Å². The lowest BCUT2D eigenvalue weighted by Gasteiger charge is -2.44. The number of carbonyl (C=O) groups excluding carboxylic acids is 2. The van der Waals surface area contributed by atoms with Crippen molar-refractivity contribution in [2.75, 3.05) is 7.11 Å². The van der Waals surface area contributed by atoms with Crippen LogP contribution in [0.25, 0.3) is 10.2 Å². The van der Waals surface area contributed by atoms with Gasteiger partial charge in [0.15, 0.2) is 0 Å². The maximum Gasteiger partial charge on any atom is 0.271 e. The van der Waals surface area contributed by atoms with E-state index in [1.165, 1.54) is 0 Å². The van der Waals surface area contributed by atoms with E-state index in [0.717, 1.165) is 27.1 Å². The zero-order valence-corrected chi connectivity index (χ0v) is 19.4. The third-order valence-electron chi connectivity index (χ3n) is 6.31.